The average molecular weight is 318 g/mol. The molecule has 0 unspecified atom stereocenters. The van der Waals surface area contributed by atoms with Gasteiger partial charge < -0.3 is 20.3 Å². The van der Waals surface area contributed by atoms with Crippen LogP contribution in [0.5, 0.6) is 0 Å². The Morgan fingerprint density at radius 1 is 1.35 bits per heavy atom. The van der Waals surface area contributed by atoms with Crippen LogP contribution >= 0.6 is 0 Å². The van der Waals surface area contributed by atoms with Crippen LogP contribution in [0.3, 0.4) is 0 Å². The standard InChI is InChI=1S/C16H23BN2O4/c1-5-16(21)19(4)10-15(20)18-14(17(22)23)9-13-7-6-11(2)12(3)8-13/h5-8,14,22-23H,1,9-10H2,2-4H3,(H,18,20)/t14-/m0/s1. The summed E-state index contributed by atoms with van der Waals surface area (Å²) in [6.45, 7) is 7.13. The maximum absolute atomic E-state index is 11.9. The normalized spacial score (nSPS) is 11.5. The number of carbonyl (C=O) groups excluding carboxylic acids is 2. The second-order valence-electron chi connectivity index (χ2n) is 5.61. The molecule has 23 heavy (non-hydrogen) atoms. The van der Waals surface area contributed by atoms with Crippen LogP contribution in [0.2, 0.25) is 0 Å². The summed E-state index contributed by atoms with van der Waals surface area (Å²) in [5, 5.41) is 21.5. The predicted octanol–water partition coefficient (Wildman–Crippen LogP) is -0.0129. The van der Waals surface area contributed by atoms with E-state index in [0.717, 1.165) is 22.8 Å². The Morgan fingerprint density at radius 2 is 2.00 bits per heavy atom. The Kier molecular flexibility index (Phi) is 7.00. The molecule has 7 heteroatoms. The first kappa shape index (κ1) is 18.9. The van der Waals surface area contributed by atoms with E-state index < -0.39 is 19.0 Å². The highest BCUT2D eigenvalue weighted by atomic mass is 16.4. The quantitative estimate of drug-likeness (QED) is 0.487. The van der Waals surface area contributed by atoms with Gasteiger partial charge in [0, 0.05) is 7.05 Å². The average Bonchev–Trinajstić information content (AvgIpc) is 2.49. The van der Waals surface area contributed by atoms with Gasteiger partial charge in [0.05, 0.1) is 12.5 Å². The SMILES string of the molecule is C=CC(=O)N(C)CC(=O)N[C@@H](Cc1ccc(C)c(C)c1)B(O)O. The predicted molar refractivity (Wildman–Crippen MR) is 89.6 cm³/mol. The lowest BCUT2D eigenvalue weighted by Gasteiger charge is -2.21. The molecule has 0 spiro atoms. The monoisotopic (exact) mass is 318 g/mol. The van der Waals surface area contributed by atoms with Crippen molar-refractivity contribution in [3.63, 3.8) is 0 Å². The van der Waals surface area contributed by atoms with E-state index in [-0.39, 0.29) is 18.9 Å². The number of hydrogen-bond acceptors (Lipinski definition) is 4. The van der Waals surface area contributed by atoms with Crippen LogP contribution in [0.25, 0.3) is 0 Å². The molecule has 0 bridgehead atoms. The number of benzene rings is 1. The van der Waals surface area contributed by atoms with Crippen molar-refractivity contribution in [2.45, 2.75) is 26.2 Å². The molecule has 3 N–H and O–H groups in total. The minimum Gasteiger partial charge on any atom is -0.426 e. The van der Waals surface area contributed by atoms with Crippen molar-refractivity contribution in [1.82, 2.24) is 10.2 Å². The largest absolute Gasteiger partial charge is 0.475 e. The molecule has 1 atom stereocenters. The van der Waals surface area contributed by atoms with E-state index in [1.54, 1.807) is 0 Å². The molecule has 6 nitrogen and oxygen atoms in total. The number of nitrogens with zero attached hydrogens (tertiary/aromatic N) is 1. The highest BCUT2D eigenvalue weighted by Gasteiger charge is 2.26. The fraction of sp³-hybridized carbons (Fsp3) is 0.375. The summed E-state index contributed by atoms with van der Waals surface area (Å²) in [5.74, 6) is -1.70. The van der Waals surface area contributed by atoms with E-state index in [9.17, 15) is 19.6 Å². The zero-order valence-electron chi connectivity index (χ0n) is 13.7. The maximum Gasteiger partial charge on any atom is 0.475 e. The summed E-state index contributed by atoms with van der Waals surface area (Å²) in [6.07, 6.45) is 1.39. The summed E-state index contributed by atoms with van der Waals surface area (Å²) < 4.78 is 0. The van der Waals surface area contributed by atoms with Crippen LogP contribution in [0.1, 0.15) is 16.7 Å². The summed E-state index contributed by atoms with van der Waals surface area (Å²) in [7, 11) is -0.224. The number of nitrogens with one attached hydrogen (secondary N) is 1. The number of likely N-dealkylation sites (N-methyl/N-ethyl adjacent to an activating group) is 1. The summed E-state index contributed by atoms with van der Waals surface area (Å²) in [5.41, 5.74) is 3.13. The van der Waals surface area contributed by atoms with E-state index in [1.807, 2.05) is 32.0 Å². The fourth-order valence-electron chi connectivity index (χ4n) is 2.12. The first-order valence-electron chi connectivity index (χ1n) is 7.33. The molecular weight excluding hydrogens is 295 g/mol. The van der Waals surface area contributed by atoms with Gasteiger partial charge in [0.25, 0.3) is 0 Å². The van der Waals surface area contributed by atoms with Gasteiger partial charge in [-0.1, -0.05) is 24.8 Å². The number of rotatable bonds is 7. The van der Waals surface area contributed by atoms with E-state index in [0.29, 0.717) is 0 Å². The minimum absolute atomic E-state index is 0.180. The van der Waals surface area contributed by atoms with E-state index in [2.05, 4.69) is 11.9 Å². The van der Waals surface area contributed by atoms with Crippen LogP contribution in [-0.4, -0.2) is 53.4 Å². The third kappa shape index (κ3) is 5.88. The molecule has 1 aromatic carbocycles. The molecule has 1 rings (SSSR count). The lowest BCUT2D eigenvalue weighted by Crippen LogP contribution is -2.50. The zero-order chi connectivity index (χ0) is 17.6. The van der Waals surface area contributed by atoms with Gasteiger partial charge in [0.2, 0.25) is 11.8 Å². The molecular formula is C16H23BN2O4. The fourth-order valence-corrected chi connectivity index (χ4v) is 2.12. The Labute approximate surface area is 137 Å². The maximum atomic E-state index is 11.9. The van der Waals surface area contributed by atoms with Gasteiger partial charge in [0.15, 0.2) is 0 Å². The van der Waals surface area contributed by atoms with Crippen molar-refractivity contribution in [3.8, 4) is 0 Å². The molecule has 0 saturated carbocycles. The second-order valence-corrected chi connectivity index (χ2v) is 5.61. The van der Waals surface area contributed by atoms with Crippen LogP contribution in [0.15, 0.2) is 30.9 Å². The summed E-state index contributed by atoms with van der Waals surface area (Å²) >= 11 is 0. The Morgan fingerprint density at radius 3 is 2.52 bits per heavy atom. The van der Waals surface area contributed by atoms with Crippen molar-refractivity contribution in [3.05, 3.63) is 47.5 Å². The lowest BCUT2D eigenvalue weighted by molar-refractivity contribution is -0.131. The molecule has 0 aliphatic heterocycles. The Bertz CT molecular complexity index is 589. The number of hydrogen-bond donors (Lipinski definition) is 3. The minimum atomic E-state index is -1.69. The molecule has 124 valence electrons. The molecule has 0 aliphatic rings. The van der Waals surface area contributed by atoms with Gasteiger partial charge in [-0.15, -0.1) is 0 Å². The van der Waals surface area contributed by atoms with Crippen LogP contribution in [-0.2, 0) is 16.0 Å². The van der Waals surface area contributed by atoms with Crippen molar-refractivity contribution >= 4 is 18.9 Å². The molecule has 0 radical (unpaired) electrons. The van der Waals surface area contributed by atoms with Crippen LogP contribution in [0.4, 0.5) is 0 Å². The molecule has 2 amide bonds. The van der Waals surface area contributed by atoms with Gasteiger partial charge in [-0.25, -0.2) is 0 Å². The molecule has 0 aliphatic carbocycles. The third-order valence-corrected chi connectivity index (χ3v) is 3.66. The van der Waals surface area contributed by atoms with Crippen molar-refractivity contribution in [2.24, 2.45) is 0 Å². The van der Waals surface area contributed by atoms with E-state index >= 15 is 0 Å². The summed E-state index contributed by atoms with van der Waals surface area (Å²) in [6, 6.07) is 5.78. The topological polar surface area (TPSA) is 89.9 Å². The first-order chi connectivity index (χ1) is 10.7. The van der Waals surface area contributed by atoms with Gasteiger partial charge in [0.1, 0.15) is 0 Å². The smallest absolute Gasteiger partial charge is 0.426 e. The zero-order valence-corrected chi connectivity index (χ0v) is 13.7. The van der Waals surface area contributed by atoms with Gasteiger partial charge in [-0.3, -0.25) is 9.59 Å². The van der Waals surface area contributed by atoms with Crippen LogP contribution < -0.4 is 5.32 Å². The number of carbonyl (C=O) groups is 2. The molecule has 0 fully saturated rings. The molecule has 0 saturated heterocycles. The van der Waals surface area contributed by atoms with Gasteiger partial charge in [-0.05, 0) is 43.0 Å². The van der Waals surface area contributed by atoms with E-state index in [1.165, 1.54) is 11.9 Å². The molecule has 1 aromatic rings. The number of aryl methyl sites for hydroxylation is 2. The second kappa shape index (κ2) is 8.50. The Balaban J connectivity index is 2.71. The van der Waals surface area contributed by atoms with Crippen molar-refractivity contribution < 1.29 is 19.6 Å². The number of amides is 2. The van der Waals surface area contributed by atoms with Gasteiger partial charge in [-0.2, -0.15) is 0 Å². The van der Waals surface area contributed by atoms with Crippen LogP contribution in [0, 0.1) is 13.8 Å². The summed E-state index contributed by atoms with van der Waals surface area (Å²) in [4.78, 5) is 24.5. The third-order valence-electron chi connectivity index (χ3n) is 3.66. The Hall–Kier alpha value is -2.12. The highest BCUT2D eigenvalue weighted by Crippen LogP contribution is 2.12. The van der Waals surface area contributed by atoms with Crippen molar-refractivity contribution in [1.29, 1.82) is 0 Å². The van der Waals surface area contributed by atoms with E-state index in [4.69, 9.17) is 0 Å². The van der Waals surface area contributed by atoms with Crippen molar-refractivity contribution in [2.75, 3.05) is 13.6 Å². The highest BCUT2D eigenvalue weighted by molar-refractivity contribution is 6.43. The molecule has 0 heterocycles. The first-order valence-corrected chi connectivity index (χ1v) is 7.33. The van der Waals surface area contributed by atoms with Gasteiger partial charge >= 0.3 is 7.12 Å². The lowest BCUT2D eigenvalue weighted by atomic mass is 9.75. The molecule has 0 aromatic heterocycles.